The summed E-state index contributed by atoms with van der Waals surface area (Å²) < 4.78 is 3.85. The number of nitrogens with zero attached hydrogens (tertiary/aromatic N) is 5. The molecule has 2 N–H and O–H groups in total. The minimum Gasteiger partial charge on any atom is -0.326 e. The lowest BCUT2D eigenvalue weighted by Crippen LogP contribution is -2.43. The quantitative estimate of drug-likeness (QED) is 0.247. The molecule has 0 radical (unpaired) electrons. The second kappa shape index (κ2) is 13.7. The van der Waals surface area contributed by atoms with Gasteiger partial charge in [0.1, 0.15) is 21.8 Å². The van der Waals surface area contributed by atoms with Crippen LogP contribution in [0.4, 0.5) is 11.4 Å². The van der Waals surface area contributed by atoms with Gasteiger partial charge in [0.15, 0.2) is 0 Å². The van der Waals surface area contributed by atoms with E-state index in [1.165, 1.54) is 11.3 Å². The summed E-state index contributed by atoms with van der Waals surface area (Å²) in [7, 11) is 0. The number of benzene rings is 2. The summed E-state index contributed by atoms with van der Waals surface area (Å²) in [6, 6.07) is 14.0. The predicted octanol–water partition coefficient (Wildman–Crippen LogP) is 5.27. The van der Waals surface area contributed by atoms with Crippen molar-refractivity contribution in [1.29, 1.82) is 0 Å². The number of thiazole rings is 1. The fraction of sp³-hybridized carbons (Fsp3) is 0.303. The van der Waals surface area contributed by atoms with Crippen molar-refractivity contribution < 1.29 is 19.2 Å². The van der Waals surface area contributed by atoms with Crippen LogP contribution in [-0.4, -0.2) is 73.2 Å². The molecule has 4 aromatic rings. The molecule has 13 heteroatoms. The number of carbonyl (C=O) groups excluding carboxylic acids is 4. The Kier molecular flexibility index (Phi) is 9.31. The van der Waals surface area contributed by atoms with Crippen LogP contribution < -0.4 is 10.6 Å². The van der Waals surface area contributed by atoms with E-state index in [1.807, 2.05) is 60.7 Å². The summed E-state index contributed by atoms with van der Waals surface area (Å²) in [5, 5.41) is 9.83. The summed E-state index contributed by atoms with van der Waals surface area (Å²) in [5.74, 6) is -0.737. The standard InChI is InChI=1S/C33H33N7O4S2/c1-20-28(45-19-34-20)32(43)39-17-3-5-26(39)30(41)35-24-13-9-22(10-14-24)7-8-23-11-15-25(16-12-23)36-31(42)27-6-4-18-40(27)33(44)29-21(2)37-38-46-29/h7-16,19,26-27H,3-6,17-18H2,1-2H3,(H,35,41)(H,36,42)/b8-7+/t26-,27-/m0/s1. The Morgan fingerprint density at radius 1 is 0.739 bits per heavy atom. The van der Waals surface area contributed by atoms with Crippen molar-refractivity contribution in [2.75, 3.05) is 23.7 Å². The normalized spacial score (nSPS) is 17.9. The minimum atomic E-state index is -0.533. The largest absolute Gasteiger partial charge is 0.326 e. The fourth-order valence-electron chi connectivity index (χ4n) is 5.76. The van der Waals surface area contributed by atoms with Gasteiger partial charge in [0.25, 0.3) is 11.8 Å². The third kappa shape index (κ3) is 6.75. The molecule has 2 atom stereocenters. The van der Waals surface area contributed by atoms with E-state index in [0.717, 1.165) is 35.5 Å². The van der Waals surface area contributed by atoms with Gasteiger partial charge < -0.3 is 20.4 Å². The summed E-state index contributed by atoms with van der Waals surface area (Å²) in [5.41, 5.74) is 6.14. The highest BCUT2D eigenvalue weighted by atomic mass is 32.1. The number of likely N-dealkylation sites (tertiary alicyclic amines) is 2. The maximum atomic E-state index is 13.1. The van der Waals surface area contributed by atoms with Gasteiger partial charge in [0, 0.05) is 24.5 Å². The Bertz CT molecular complexity index is 1650. The summed E-state index contributed by atoms with van der Waals surface area (Å²) >= 11 is 2.36. The summed E-state index contributed by atoms with van der Waals surface area (Å²) in [6.45, 7) is 4.63. The zero-order chi connectivity index (χ0) is 32.2. The Morgan fingerprint density at radius 2 is 1.24 bits per heavy atom. The number of carbonyl (C=O) groups is 4. The first kappa shape index (κ1) is 31.2. The maximum Gasteiger partial charge on any atom is 0.268 e. The van der Waals surface area contributed by atoms with Gasteiger partial charge >= 0.3 is 0 Å². The van der Waals surface area contributed by atoms with Crippen LogP contribution in [0.25, 0.3) is 12.2 Å². The van der Waals surface area contributed by atoms with Gasteiger partial charge in [-0.2, -0.15) is 0 Å². The Balaban J connectivity index is 1.01. The Labute approximate surface area is 274 Å². The minimum absolute atomic E-state index is 0.138. The highest BCUT2D eigenvalue weighted by Gasteiger charge is 2.37. The van der Waals surface area contributed by atoms with Crippen LogP contribution in [0.3, 0.4) is 0 Å². The molecule has 0 spiro atoms. The first-order valence-corrected chi connectivity index (χ1v) is 16.7. The molecule has 0 bridgehead atoms. The number of hydrogen-bond donors (Lipinski definition) is 2. The molecular formula is C33H33N7O4S2. The average molecular weight is 656 g/mol. The van der Waals surface area contributed by atoms with E-state index in [9.17, 15) is 19.2 Å². The lowest BCUT2D eigenvalue weighted by molar-refractivity contribution is -0.120. The van der Waals surface area contributed by atoms with Gasteiger partial charge in [0.2, 0.25) is 11.8 Å². The van der Waals surface area contributed by atoms with Crippen molar-refractivity contribution in [3.05, 3.63) is 86.3 Å². The lowest BCUT2D eigenvalue weighted by Gasteiger charge is -2.23. The molecule has 2 aromatic carbocycles. The number of nitrogens with one attached hydrogen (secondary N) is 2. The van der Waals surface area contributed by atoms with E-state index in [1.54, 1.807) is 29.2 Å². The first-order chi connectivity index (χ1) is 22.3. The van der Waals surface area contributed by atoms with Crippen molar-refractivity contribution in [2.24, 2.45) is 0 Å². The molecule has 2 aliphatic heterocycles. The third-order valence-corrected chi connectivity index (χ3v) is 9.98. The fourth-order valence-corrected chi connectivity index (χ4v) is 7.13. The number of aryl methyl sites for hydroxylation is 2. The number of hydrogen-bond acceptors (Lipinski definition) is 9. The molecule has 0 unspecified atom stereocenters. The highest BCUT2D eigenvalue weighted by molar-refractivity contribution is 7.11. The molecule has 236 valence electrons. The number of aromatic nitrogens is 3. The van der Waals surface area contributed by atoms with Gasteiger partial charge in [-0.15, -0.1) is 16.4 Å². The molecule has 2 saturated heterocycles. The summed E-state index contributed by atoms with van der Waals surface area (Å²) in [4.78, 5) is 60.6. The molecule has 4 amide bonds. The van der Waals surface area contributed by atoms with E-state index in [0.29, 0.717) is 58.4 Å². The summed E-state index contributed by atoms with van der Waals surface area (Å²) in [6.07, 6.45) is 6.71. The number of anilines is 2. The molecule has 2 fully saturated rings. The van der Waals surface area contributed by atoms with Crippen molar-refractivity contribution in [3.63, 3.8) is 0 Å². The smallest absolute Gasteiger partial charge is 0.268 e. The molecule has 11 nitrogen and oxygen atoms in total. The molecule has 2 aromatic heterocycles. The Morgan fingerprint density at radius 3 is 1.67 bits per heavy atom. The van der Waals surface area contributed by atoms with Crippen LogP contribution >= 0.6 is 22.9 Å². The molecule has 46 heavy (non-hydrogen) atoms. The number of rotatable bonds is 8. The molecule has 6 rings (SSSR count). The SMILES string of the molecule is Cc1ncsc1C(=O)N1CCC[C@H]1C(=O)Nc1ccc(/C=C/c2ccc(NC(=O)[C@@H]3CCCN3C(=O)c3snnc3C)cc2)cc1. The van der Waals surface area contributed by atoms with E-state index >= 15 is 0 Å². The first-order valence-electron chi connectivity index (χ1n) is 15.1. The van der Waals surface area contributed by atoms with Gasteiger partial charge in [-0.1, -0.05) is 40.9 Å². The van der Waals surface area contributed by atoms with Gasteiger partial charge in [-0.05, 0) is 86.5 Å². The molecule has 2 aliphatic rings. The second-order valence-electron chi connectivity index (χ2n) is 11.3. The Hall–Kier alpha value is -4.75. The van der Waals surface area contributed by atoms with Crippen LogP contribution in [0.1, 0.15) is 67.5 Å². The zero-order valence-electron chi connectivity index (χ0n) is 25.4. The van der Waals surface area contributed by atoms with E-state index < -0.39 is 12.1 Å². The predicted molar refractivity (Wildman–Crippen MR) is 179 cm³/mol. The van der Waals surface area contributed by atoms with Crippen molar-refractivity contribution in [3.8, 4) is 0 Å². The molecule has 4 heterocycles. The highest BCUT2D eigenvalue weighted by Crippen LogP contribution is 2.26. The maximum absolute atomic E-state index is 13.1. The van der Waals surface area contributed by atoms with Gasteiger partial charge in [-0.25, -0.2) is 4.98 Å². The molecule has 0 saturated carbocycles. The van der Waals surface area contributed by atoms with Crippen LogP contribution in [0.15, 0.2) is 54.0 Å². The molecular weight excluding hydrogens is 623 g/mol. The number of amides is 4. The second-order valence-corrected chi connectivity index (χ2v) is 12.9. The van der Waals surface area contributed by atoms with Crippen molar-refractivity contribution in [2.45, 2.75) is 51.6 Å². The van der Waals surface area contributed by atoms with Crippen LogP contribution in [0.5, 0.6) is 0 Å². The topological polar surface area (TPSA) is 137 Å². The van der Waals surface area contributed by atoms with Crippen molar-refractivity contribution in [1.82, 2.24) is 24.4 Å². The van der Waals surface area contributed by atoms with E-state index in [2.05, 4.69) is 25.2 Å². The van der Waals surface area contributed by atoms with Crippen LogP contribution in [-0.2, 0) is 9.59 Å². The van der Waals surface area contributed by atoms with E-state index in [4.69, 9.17) is 0 Å². The third-order valence-electron chi connectivity index (χ3n) is 8.24. The van der Waals surface area contributed by atoms with Crippen LogP contribution in [0, 0.1) is 13.8 Å². The van der Waals surface area contributed by atoms with E-state index in [-0.39, 0.29) is 23.6 Å². The van der Waals surface area contributed by atoms with Crippen LogP contribution in [0.2, 0.25) is 0 Å². The van der Waals surface area contributed by atoms with Crippen molar-refractivity contribution >= 4 is 70.0 Å². The lowest BCUT2D eigenvalue weighted by atomic mass is 10.1. The zero-order valence-corrected chi connectivity index (χ0v) is 27.1. The monoisotopic (exact) mass is 655 g/mol. The van der Waals surface area contributed by atoms with Gasteiger partial charge in [0.05, 0.1) is 16.9 Å². The average Bonchev–Trinajstić information content (AvgIpc) is 3.88. The molecule has 0 aliphatic carbocycles. The van der Waals surface area contributed by atoms with Gasteiger partial charge in [-0.3, -0.25) is 19.2 Å².